The summed E-state index contributed by atoms with van der Waals surface area (Å²) in [4.78, 5) is 72.3. The number of aromatic nitrogens is 4. The quantitative estimate of drug-likeness (QED) is 0.101. The van der Waals surface area contributed by atoms with Gasteiger partial charge >= 0.3 is 12.2 Å². The first kappa shape index (κ1) is 40.3. The van der Waals surface area contributed by atoms with Crippen LogP contribution in [-0.2, 0) is 19.1 Å². The van der Waals surface area contributed by atoms with E-state index < -0.39 is 24.3 Å². The van der Waals surface area contributed by atoms with Crippen LogP contribution in [0.1, 0.15) is 74.2 Å². The third kappa shape index (κ3) is 8.21. The molecule has 5 heterocycles. The Morgan fingerprint density at radius 1 is 0.700 bits per heavy atom. The van der Waals surface area contributed by atoms with Gasteiger partial charge in [0.1, 0.15) is 23.7 Å². The zero-order chi connectivity index (χ0) is 41.9. The second-order valence-corrected chi connectivity index (χ2v) is 16.5. The molecule has 0 radical (unpaired) electrons. The van der Waals surface area contributed by atoms with Crippen molar-refractivity contribution in [1.82, 2.24) is 40.4 Å². The molecule has 8 rings (SSSR count). The summed E-state index contributed by atoms with van der Waals surface area (Å²) in [6.07, 6.45) is 5.57. The Morgan fingerprint density at radius 3 is 1.82 bits per heavy atom. The molecule has 0 saturated carbocycles. The number of hydrogen-bond donors (Lipinski definition) is 4. The highest BCUT2D eigenvalue weighted by molar-refractivity contribution is 7.10. The van der Waals surface area contributed by atoms with E-state index in [0.29, 0.717) is 18.9 Å². The molecule has 310 valence electrons. The van der Waals surface area contributed by atoms with E-state index in [1.165, 1.54) is 25.6 Å². The second-order valence-electron chi connectivity index (χ2n) is 15.5. The Morgan fingerprint density at radius 2 is 1.23 bits per heavy atom. The summed E-state index contributed by atoms with van der Waals surface area (Å²) < 4.78 is 9.58. The van der Waals surface area contributed by atoms with Crippen molar-refractivity contribution in [2.45, 2.75) is 63.7 Å². The van der Waals surface area contributed by atoms with Crippen molar-refractivity contribution in [3.05, 3.63) is 107 Å². The van der Waals surface area contributed by atoms with Crippen molar-refractivity contribution in [3.8, 4) is 33.6 Å². The predicted octanol–water partition coefficient (Wildman–Crippen LogP) is 8.15. The number of imidazole rings is 2. The van der Waals surface area contributed by atoms with Gasteiger partial charge in [-0.05, 0) is 82.6 Å². The van der Waals surface area contributed by atoms with Gasteiger partial charge in [-0.1, -0.05) is 68.4 Å². The normalized spacial score (nSPS) is 17.5. The molecule has 4 N–H and O–H groups in total. The maximum atomic E-state index is 13.8. The van der Waals surface area contributed by atoms with Crippen LogP contribution in [0.15, 0.2) is 90.6 Å². The van der Waals surface area contributed by atoms with Crippen LogP contribution in [0.25, 0.3) is 44.4 Å². The van der Waals surface area contributed by atoms with Gasteiger partial charge in [0.25, 0.3) is 5.91 Å². The molecule has 4 unspecified atom stereocenters. The number of fused-ring (bicyclic) bond motifs is 1. The molecule has 2 aliphatic rings. The number of likely N-dealkylation sites (tertiary alicyclic amines) is 2. The van der Waals surface area contributed by atoms with Gasteiger partial charge in [0.2, 0.25) is 5.91 Å². The maximum absolute atomic E-state index is 13.8. The Labute approximate surface area is 351 Å². The molecule has 2 fully saturated rings. The number of hydrogen-bond acceptors (Lipinski definition) is 9. The number of methoxy groups -OCH3 is 2. The van der Waals surface area contributed by atoms with Gasteiger partial charge in [0.05, 0.1) is 50.1 Å². The summed E-state index contributed by atoms with van der Waals surface area (Å²) >= 11 is 1.41. The topological polar surface area (TPSA) is 175 Å². The van der Waals surface area contributed by atoms with Gasteiger partial charge in [-0.2, -0.15) is 0 Å². The number of carbonyl (C=O) groups is 4. The van der Waals surface area contributed by atoms with Crippen molar-refractivity contribution in [3.63, 3.8) is 0 Å². The highest BCUT2D eigenvalue weighted by Crippen LogP contribution is 2.36. The van der Waals surface area contributed by atoms with E-state index in [0.717, 1.165) is 80.8 Å². The summed E-state index contributed by atoms with van der Waals surface area (Å²) in [5.74, 6) is 1.00. The number of benzene rings is 3. The standard InChI is InChI=1S/C45H48N8O6S/c1-26(2)38(50-44(56)58-3)42(54)52-19-5-8-35(52)41-47-25-34(49-41)32-18-17-30-22-29(15-16-31(30)23-32)27-11-13-28(14-12-27)33-24-46-40(48-33)36-9-6-20-53(36)43(55)39(51-45(57)59-4)37-10-7-21-60-37/h7,10-18,21-26,35-36,38-39H,5-6,8-9,19-20H2,1-4H3,(H,46,48)(H,47,49)(H,50,56)(H,51,57). The van der Waals surface area contributed by atoms with Crippen molar-refractivity contribution in [2.24, 2.45) is 5.92 Å². The monoisotopic (exact) mass is 828 g/mol. The van der Waals surface area contributed by atoms with Crippen LogP contribution in [0.4, 0.5) is 9.59 Å². The van der Waals surface area contributed by atoms with Crippen LogP contribution in [0.3, 0.4) is 0 Å². The summed E-state index contributed by atoms with van der Waals surface area (Å²) in [6, 6.07) is 22.8. The van der Waals surface area contributed by atoms with Crippen LogP contribution in [0.2, 0.25) is 0 Å². The number of ether oxygens (including phenoxy) is 2. The molecular formula is C45H48N8O6S. The van der Waals surface area contributed by atoms with Crippen molar-refractivity contribution >= 4 is 46.1 Å². The summed E-state index contributed by atoms with van der Waals surface area (Å²) in [5.41, 5.74) is 5.85. The molecule has 0 aliphatic carbocycles. The average molecular weight is 829 g/mol. The first-order valence-corrected chi connectivity index (χ1v) is 21.1. The van der Waals surface area contributed by atoms with Gasteiger partial charge in [0.15, 0.2) is 0 Å². The second kappa shape index (κ2) is 17.4. The summed E-state index contributed by atoms with van der Waals surface area (Å²) in [5, 5.41) is 9.48. The summed E-state index contributed by atoms with van der Waals surface area (Å²) in [6.45, 7) is 4.97. The van der Waals surface area contributed by atoms with E-state index in [2.05, 4.69) is 81.3 Å². The third-order valence-corrected chi connectivity index (χ3v) is 12.4. The predicted molar refractivity (Wildman–Crippen MR) is 229 cm³/mol. The lowest BCUT2D eigenvalue weighted by Gasteiger charge is -2.30. The van der Waals surface area contributed by atoms with Gasteiger partial charge in [-0.15, -0.1) is 11.3 Å². The smallest absolute Gasteiger partial charge is 0.407 e. The highest BCUT2D eigenvalue weighted by atomic mass is 32.1. The molecule has 3 aromatic carbocycles. The largest absolute Gasteiger partial charge is 0.453 e. The number of carbonyl (C=O) groups excluding carboxylic acids is 4. The number of rotatable bonds is 11. The molecule has 4 amide bonds. The fourth-order valence-electron chi connectivity index (χ4n) is 8.30. The lowest BCUT2D eigenvalue weighted by atomic mass is 9.98. The van der Waals surface area contributed by atoms with Crippen LogP contribution >= 0.6 is 11.3 Å². The lowest BCUT2D eigenvalue weighted by molar-refractivity contribution is -0.135. The number of nitrogens with one attached hydrogen (secondary N) is 4. The van der Waals surface area contributed by atoms with E-state index in [-0.39, 0.29) is 29.8 Å². The van der Waals surface area contributed by atoms with Crippen LogP contribution < -0.4 is 10.6 Å². The zero-order valence-electron chi connectivity index (χ0n) is 33.9. The minimum absolute atomic E-state index is 0.107. The van der Waals surface area contributed by atoms with Crippen LogP contribution in [0.5, 0.6) is 0 Å². The minimum atomic E-state index is -0.835. The molecule has 0 bridgehead atoms. The van der Waals surface area contributed by atoms with E-state index in [1.807, 2.05) is 48.7 Å². The number of nitrogens with zero attached hydrogens (tertiary/aromatic N) is 4. The van der Waals surface area contributed by atoms with Gasteiger partial charge in [-0.3, -0.25) is 9.59 Å². The third-order valence-electron chi connectivity index (χ3n) is 11.5. The molecule has 15 heteroatoms. The van der Waals surface area contributed by atoms with Gasteiger partial charge < -0.3 is 39.9 Å². The first-order valence-electron chi connectivity index (χ1n) is 20.2. The van der Waals surface area contributed by atoms with E-state index in [4.69, 9.17) is 19.4 Å². The fourth-order valence-corrected chi connectivity index (χ4v) is 9.07. The molecule has 2 saturated heterocycles. The molecular weight excluding hydrogens is 781 g/mol. The van der Waals surface area contributed by atoms with Crippen molar-refractivity contribution in [1.29, 1.82) is 0 Å². The van der Waals surface area contributed by atoms with Crippen LogP contribution in [-0.4, -0.2) is 87.1 Å². The number of amides is 4. The molecule has 4 atom stereocenters. The number of alkyl carbamates (subject to hydrolysis) is 2. The molecule has 3 aromatic heterocycles. The van der Waals surface area contributed by atoms with E-state index >= 15 is 0 Å². The van der Waals surface area contributed by atoms with Crippen molar-refractivity contribution < 1.29 is 28.7 Å². The Bertz CT molecular complexity index is 2500. The van der Waals surface area contributed by atoms with Crippen LogP contribution in [0, 0.1) is 5.92 Å². The lowest BCUT2D eigenvalue weighted by Crippen LogP contribution is -2.51. The average Bonchev–Trinajstić information content (AvgIpc) is 4.13. The number of thiophene rings is 1. The number of H-pyrrole nitrogens is 2. The molecule has 60 heavy (non-hydrogen) atoms. The van der Waals surface area contributed by atoms with Gasteiger partial charge in [-0.25, -0.2) is 19.6 Å². The SMILES string of the molecule is COC(=O)NC(C(=O)N1CCCC1c1ncc(-c2ccc(-c3ccc4cc(-c5cnc(C6CCCN6C(=O)C(NC(=O)OC)C(C)C)[nH]5)ccc4c3)cc2)[nH]1)c1cccs1. The van der Waals surface area contributed by atoms with E-state index in [1.54, 1.807) is 4.90 Å². The van der Waals surface area contributed by atoms with E-state index in [9.17, 15) is 19.2 Å². The number of aromatic amines is 2. The first-order chi connectivity index (χ1) is 29.1. The minimum Gasteiger partial charge on any atom is -0.453 e. The molecule has 2 aliphatic heterocycles. The summed E-state index contributed by atoms with van der Waals surface area (Å²) in [7, 11) is 2.58. The Hall–Kier alpha value is -6.48. The Kier molecular flexibility index (Phi) is 11.7. The fraction of sp³-hybridized carbons (Fsp3) is 0.333. The molecule has 6 aromatic rings. The highest BCUT2D eigenvalue weighted by Gasteiger charge is 2.39. The zero-order valence-corrected chi connectivity index (χ0v) is 34.8. The Balaban J connectivity index is 0.941. The van der Waals surface area contributed by atoms with Gasteiger partial charge in [0, 0.05) is 23.5 Å². The molecule has 0 spiro atoms. The van der Waals surface area contributed by atoms with Crippen molar-refractivity contribution in [2.75, 3.05) is 27.3 Å². The maximum Gasteiger partial charge on any atom is 0.407 e. The molecule has 14 nitrogen and oxygen atoms in total.